The van der Waals surface area contributed by atoms with Gasteiger partial charge in [-0.25, -0.2) is 4.98 Å². The average Bonchev–Trinajstić information content (AvgIpc) is 3.10. The van der Waals surface area contributed by atoms with Crippen LogP contribution in [0.3, 0.4) is 0 Å². The lowest BCUT2D eigenvalue weighted by Crippen LogP contribution is -2.21. The highest BCUT2D eigenvalue weighted by molar-refractivity contribution is 5.83. The summed E-state index contributed by atoms with van der Waals surface area (Å²) < 4.78 is 11.8. The molecular weight excluding hydrogens is 330 g/mol. The number of ether oxygens (including phenoxy) is 1. The first-order chi connectivity index (χ1) is 12.7. The molecule has 0 aliphatic rings. The molecule has 4 aromatic rings. The normalized spacial score (nSPS) is 11.0. The van der Waals surface area contributed by atoms with Gasteiger partial charge in [-0.3, -0.25) is 9.36 Å². The van der Waals surface area contributed by atoms with E-state index in [9.17, 15) is 4.79 Å². The molecule has 0 N–H and O–H groups in total. The molecule has 6 heteroatoms. The van der Waals surface area contributed by atoms with Crippen molar-refractivity contribution in [3.8, 4) is 16.9 Å². The summed E-state index contributed by atoms with van der Waals surface area (Å²) in [6, 6.07) is 13.2. The van der Waals surface area contributed by atoms with Gasteiger partial charge in [0.05, 0.1) is 36.6 Å². The van der Waals surface area contributed by atoms with Crippen molar-refractivity contribution in [2.24, 2.45) is 0 Å². The monoisotopic (exact) mass is 347 g/mol. The zero-order valence-corrected chi connectivity index (χ0v) is 14.5. The summed E-state index contributed by atoms with van der Waals surface area (Å²) >= 11 is 0. The molecule has 4 rings (SSSR count). The molecule has 6 nitrogen and oxygen atoms in total. The third-order valence-corrected chi connectivity index (χ3v) is 4.37. The van der Waals surface area contributed by atoms with E-state index in [0.29, 0.717) is 17.4 Å². The molecule has 0 radical (unpaired) electrons. The van der Waals surface area contributed by atoms with Crippen molar-refractivity contribution in [2.45, 2.75) is 13.5 Å². The smallest absolute Gasteiger partial charge is 0.261 e. The highest BCUT2D eigenvalue weighted by Crippen LogP contribution is 2.24. The summed E-state index contributed by atoms with van der Waals surface area (Å²) in [4.78, 5) is 17.3. The molecule has 0 spiro atoms. The van der Waals surface area contributed by atoms with Crippen LogP contribution >= 0.6 is 0 Å². The summed E-state index contributed by atoms with van der Waals surface area (Å²) in [6.07, 6.45) is 3.18. The molecule has 2 aromatic heterocycles. The number of aromatic nitrogens is 3. The van der Waals surface area contributed by atoms with Crippen LogP contribution in [0, 0.1) is 6.92 Å². The maximum absolute atomic E-state index is 12.8. The second kappa shape index (κ2) is 6.48. The van der Waals surface area contributed by atoms with Crippen LogP contribution in [0.15, 0.2) is 64.4 Å². The Bertz CT molecular complexity index is 1140. The van der Waals surface area contributed by atoms with Gasteiger partial charge in [-0.1, -0.05) is 23.4 Å². The molecule has 0 bridgehead atoms. The van der Waals surface area contributed by atoms with E-state index < -0.39 is 0 Å². The second-order valence-electron chi connectivity index (χ2n) is 6.07. The zero-order valence-electron chi connectivity index (χ0n) is 14.5. The van der Waals surface area contributed by atoms with Gasteiger partial charge < -0.3 is 9.26 Å². The van der Waals surface area contributed by atoms with Crippen molar-refractivity contribution in [3.05, 3.63) is 76.7 Å². The number of methoxy groups -OCH3 is 1. The quantitative estimate of drug-likeness (QED) is 0.566. The van der Waals surface area contributed by atoms with E-state index in [1.807, 2.05) is 43.3 Å². The number of rotatable bonds is 4. The third kappa shape index (κ3) is 2.86. The van der Waals surface area contributed by atoms with Gasteiger partial charge in [0.15, 0.2) is 0 Å². The number of aryl methyl sites for hydroxylation is 1. The molecule has 0 fully saturated rings. The number of fused-ring (bicyclic) bond motifs is 1. The maximum atomic E-state index is 12.8. The largest absolute Gasteiger partial charge is 0.497 e. The Morgan fingerprint density at radius 1 is 1.19 bits per heavy atom. The Morgan fingerprint density at radius 3 is 2.85 bits per heavy atom. The minimum absolute atomic E-state index is 0.0774. The Balaban J connectivity index is 1.73. The molecule has 0 saturated carbocycles. The fraction of sp³-hybridized carbons (Fsp3) is 0.150. The van der Waals surface area contributed by atoms with Gasteiger partial charge in [0.1, 0.15) is 12.0 Å². The molecule has 26 heavy (non-hydrogen) atoms. The van der Waals surface area contributed by atoms with E-state index >= 15 is 0 Å². The number of hydrogen-bond donors (Lipinski definition) is 0. The highest BCUT2D eigenvalue weighted by Gasteiger charge is 2.10. The summed E-state index contributed by atoms with van der Waals surface area (Å²) in [6.45, 7) is 2.31. The van der Waals surface area contributed by atoms with Gasteiger partial charge in [0.25, 0.3) is 5.56 Å². The standard InChI is InChI=1S/C20H17N3O3/c1-13-18(11-26-22-13)15-6-7-17-19(9-15)21-12-23(20(17)24)10-14-4-3-5-16(8-14)25-2/h3-9,11-12H,10H2,1-2H3. The molecular formula is C20H17N3O3. The van der Waals surface area contributed by atoms with E-state index in [-0.39, 0.29) is 5.56 Å². The van der Waals surface area contributed by atoms with E-state index in [1.54, 1.807) is 30.3 Å². The first-order valence-electron chi connectivity index (χ1n) is 8.19. The molecule has 130 valence electrons. The second-order valence-corrected chi connectivity index (χ2v) is 6.07. The molecule has 0 atom stereocenters. The predicted octanol–water partition coefficient (Wildman–Crippen LogP) is 3.42. The van der Waals surface area contributed by atoms with Crippen molar-refractivity contribution >= 4 is 10.9 Å². The van der Waals surface area contributed by atoms with Crippen LogP contribution in [0.4, 0.5) is 0 Å². The van der Waals surface area contributed by atoms with Crippen molar-refractivity contribution in [1.29, 1.82) is 0 Å². The molecule has 0 aliphatic carbocycles. The van der Waals surface area contributed by atoms with Crippen LogP contribution in [0.1, 0.15) is 11.3 Å². The molecule has 0 saturated heterocycles. The lowest BCUT2D eigenvalue weighted by molar-refractivity contribution is 0.414. The summed E-state index contributed by atoms with van der Waals surface area (Å²) in [5.41, 5.74) is 4.17. The Kier molecular flexibility index (Phi) is 4.01. The minimum atomic E-state index is -0.0774. The topological polar surface area (TPSA) is 70.2 Å². The van der Waals surface area contributed by atoms with Crippen LogP contribution in [0.2, 0.25) is 0 Å². The lowest BCUT2D eigenvalue weighted by atomic mass is 10.1. The molecule has 2 heterocycles. The SMILES string of the molecule is COc1cccc(Cn2cnc3cc(-c4conc4C)ccc3c2=O)c1. The van der Waals surface area contributed by atoms with Gasteiger partial charge in [0.2, 0.25) is 0 Å². The van der Waals surface area contributed by atoms with Gasteiger partial charge in [-0.15, -0.1) is 0 Å². The van der Waals surface area contributed by atoms with E-state index in [4.69, 9.17) is 9.26 Å². The first-order valence-corrected chi connectivity index (χ1v) is 8.19. The van der Waals surface area contributed by atoms with Gasteiger partial charge in [-0.2, -0.15) is 0 Å². The fourth-order valence-corrected chi connectivity index (χ4v) is 2.98. The van der Waals surface area contributed by atoms with Crippen LogP contribution in [0.5, 0.6) is 5.75 Å². The average molecular weight is 347 g/mol. The summed E-state index contributed by atoms with van der Waals surface area (Å²) in [7, 11) is 1.62. The maximum Gasteiger partial charge on any atom is 0.261 e. The van der Waals surface area contributed by atoms with Crippen LogP contribution in [-0.2, 0) is 6.54 Å². The van der Waals surface area contributed by atoms with Crippen molar-refractivity contribution in [2.75, 3.05) is 7.11 Å². The number of benzene rings is 2. The minimum Gasteiger partial charge on any atom is -0.497 e. The fourth-order valence-electron chi connectivity index (χ4n) is 2.98. The molecule has 0 unspecified atom stereocenters. The number of hydrogen-bond acceptors (Lipinski definition) is 5. The van der Waals surface area contributed by atoms with Crippen molar-refractivity contribution < 1.29 is 9.26 Å². The number of nitrogens with zero attached hydrogens (tertiary/aromatic N) is 3. The van der Waals surface area contributed by atoms with Crippen molar-refractivity contribution in [1.82, 2.24) is 14.7 Å². The molecule has 0 amide bonds. The summed E-state index contributed by atoms with van der Waals surface area (Å²) in [5, 5.41) is 4.47. The van der Waals surface area contributed by atoms with Crippen LogP contribution in [-0.4, -0.2) is 21.8 Å². The molecule has 0 aliphatic heterocycles. The Hall–Kier alpha value is -3.41. The van der Waals surface area contributed by atoms with E-state index in [0.717, 1.165) is 28.1 Å². The molecule has 2 aromatic carbocycles. The first kappa shape index (κ1) is 16.1. The van der Waals surface area contributed by atoms with Crippen LogP contribution < -0.4 is 10.3 Å². The summed E-state index contributed by atoms with van der Waals surface area (Å²) in [5.74, 6) is 0.762. The Labute approximate surface area is 149 Å². The Morgan fingerprint density at radius 2 is 2.08 bits per heavy atom. The zero-order chi connectivity index (χ0) is 18.1. The lowest BCUT2D eigenvalue weighted by Gasteiger charge is -2.09. The van der Waals surface area contributed by atoms with Gasteiger partial charge in [0, 0.05) is 5.56 Å². The van der Waals surface area contributed by atoms with Gasteiger partial charge in [-0.05, 0) is 42.3 Å². The third-order valence-electron chi connectivity index (χ3n) is 4.37. The van der Waals surface area contributed by atoms with Crippen molar-refractivity contribution in [3.63, 3.8) is 0 Å². The van der Waals surface area contributed by atoms with E-state index in [1.165, 1.54) is 0 Å². The predicted molar refractivity (Wildman–Crippen MR) is 98.3 cm³/mol. The van der Waals surface area contributed by atoms with E-state index in [2.05, 4.69) is 10.1 Å². The van der Waals surface area contributed by atoms with Gasteiger partial charge >= 0.3 is 0 Å². The highest BCUT2D eigenvalue weighted by atomic mass is 16.5. The van der Waals surface area contributed by atoms with Crippen LogP contribution in [0.25, 0.3) is 22.0 Å².